The summed E-state index contributed by atoms with van der Waals surface area (Å²) in [6, 6.07) is 14.3. The Morgan fingerprint density at radius 2 is 1.85 bits per heavy atom. The normalized spacial score (nSPS) is 13.9. The summed E-state index contributed by atoms with van der Waals surface area (Å²) in [6.45, 7) is 4.18. The third-order valence-electron chi connectivity index (χ3n) is 4.61. The molecule has 0 saturated heterocycles. The first-order chi connectivity index (χ1) is 12.6. The first-order valence-electron chi connectivity index (χ1n) is 9.07. The Labute approximate surface area is 155 Å². The molecule has 0 fully saturated rings. The maximum Gasteiger partial charge on any atom is 0.231 e. The second kappa shape index (κ2) is 8.68. The van der Waals surface area contributed by atoms with Crippen LogP contribution in [-0.2, 0) is 11.2 Å². The molecule has 4 nitrogen and oxygen atoms in total. The quantitative estimate of drug-likeness (QED) is 0.742. The Morgan fingerprint density at radius 3 is 2.65 bits per heavy atom. The number of ether oxygens (including phenoxy) is 2. The molecule has 0 amide bonds. The predicted molar refractivity (Wildman–Crippen MR) is 103 cm³/mol. The lowest BCUT2D eigenvalue weighted by atomic mass is 10.1. The number of rotatable bonds is 8. The summed E-state index contributed by atoms with van der Waals surface area (Å²) >= 11 is 0. The highest BCUT2D eigenvalue weighted by Gasteiger charge is 2.14. The van der Waals surface area contributed by atoms with Gasteiger partial charge in [-0.1, -0.05) is 42.0 Å². The van der Waals surface area contributed by atoms with Crippen molar-refractivity contribution in [3.8, 4) is 11.5 Å². The minimum Gasteiger partial charge on any atom is -0.454 e. The molecule has 0 aliphatic carbocycles. The van der Waals surface area contributed by atoms with E-state index in [-0.39, 0.29) is 5.78 Å². The van der Waals surface area contributed by atoms with Crippen molar-refractivity contribution in [1.82, 2.24) is 0 Å². The number of aryl methyl sites for hydroxylation is 1. The van der Waals surface area contributed by atoms with Gasteiger partial charge in [0.05, 0.1) is 26.6 Å². The van der Waals surface area contributed by atoms with Crippen molar-refractivity contribution in [3.63, 3.8) is 0 Å². The van der Waals surface area contributed by atoms with Gasteiger partial charge in [0.25, 0.3) is 0 Å². The minimum absolute atomic E-state index is 0.174. The molecule has 1 aliphatic rings. The Bertz CT molecular complexity index is 780. The molecular formula is C22H26NO3+. The van der Waals surface area contributed by atoms with Crippen molar-refractivity contribution in [2.24, 2.45) is 0 Å². The monoisotopic (exact) mass is 352 g/mol. The van der Waals surface area contributed by atoms with Gasteiger partial charge in [0.2, 0.25) is 6.79 Å². The number of hydrogen-bond acceptors (Lipinski definition) is 3. The van der Waals surface area contributed by atoms with Gasteiger partial charge >= 0.3 is 0 Å². The fraction of sp³-hybridized carbons (Fsp3) is 0.318. The Kier molecular flexibility index (Phi) is 6.08. The van der Waals surface area contributed by atoms with Crippen LogP contribution >= 0.6 is 0 Å². The van der Waals surface area contributed by atoms with E-state index in [1.54, 1.807) is 6.08 Å². The molecule has 136 valence electrons. The molecule has 0 saturated carbocycles. The lowest BCUT2D eigenvalue weighted by Gasteiger charge is -2.13. The first kappa shape index (κ1) is 18.2. The van der Waals surface area contributed by atoms with Crippen molar-refractivity contribution in [3.05, 3.63) is 65.2 Å². The van der Waals surface area contributed by atoms with Gasteiger partial charge in [0, 0.05) is 6.42 Å². The zero-order valence-electron chi connectivity index (χ0n) is 15.5. The molecule has 26 heavy (non-hydrogen) atoms. The third-order valence-corrected chi connectivity index (χ3v) is 4.61. The van der Waals surface area contributed by atoms with Gasteiger partial charge in [-0.3, -0.25) is 4.79 Å². The average Bonchev–Trinajstić information content (AvgIpc) is 3.12. The highest BCUT2D eigenvalue weighted by molar-refractivity contribution is 5.93. The lowest BCUT2D eigenvalue weighted by Crippen LogP contribution is -3.09. The number of fused-ring (bicyclic) bond motifs is 1. The molecule has 2 aromatic rings. The summed E-state index contributed by atoms with van der Waals surface area (Å²) in [6.07, 6.45) is 5.10. The minimum atomic E-state index is 0.174. The molecule has 1 N–H and O–H groups in total. The molecule has 0 radical (unpaired) electrons. The topological polar surface area (TPSA) is 40.0 Å². The van der Waals surface area contributed by atoms with Gasteiger partial charge in [0.15, 0.2) is 17.3 Å². The number of benzene rings is 2. The van der Waals surface area contributed by atoms with E-state index in [0.717, 1.165) is 36.6 Å². The molecule has 1 heterocycles. The van der Waals surface area contributed by atoms with Gasteiger partial charge in [0.1, 0.15) is 0 Å². The maximum absolute atomic E-state index is 12.1. The second-order valence-electron chi connectivity index (χ2n) is 6.86. The van der Waals surface area contributed by atoms with Gasteiger partial charge in [-0.25, -0.2) is 0 Å². The van der Waals surface area contributed by atoms with E-state index in [1.165, 1.54) is 16.0 Å². The van der Waals surface area contributed by atoms with E-state index in [2.05, 4.69) is 32.2 Å². The molecule has 1 atom stereocenters. The van der Waals surface area contributed by atoms with Crippen LogP contribution in [0.4, 0.5) is 0 Å². The van der Waals surface area contributed by atoms with Crippen LogP contribution in [0.1, 0.15) is 23.1 Å². The van der Waals surface area contributed by atoms with Crippen molar-refractivity contribution in [2.75, 3.05) is 26.9 Å². The third kappa shape index (κ3) is 5.20. The zero-order chi connectivity index (χ0) is 18.4. The molecule has 0 spiro atoms. The summed E-state index contributed by atoms with van der Waals surface area (Å²) < 4.78 is 10.7. The number of carbonyl (C=O) groups excluding carboxylic acids is 1. The van der Waals surface area contributed by atoms with Gasteiger partial charge in [-0.15, -0.1) is 0 Å². The van der Waals surface area contributed by atoms with Crippen molar-refractivity contribution >= 4 is 11.9 Å². The van der Waals surface area contributed by atoms with Crippen molar-refractivity contribution in [2.45, 2.75) is 19.8 Å². The van der Waals surface area contributed by atoms with Crippen LogP contribution in [0.25, 0.3) is 6.08 Å². The molecule has 1 unspecified atom stereocenters. The average molecular weight is 352 g/mol. The summed E-state index contributed by atoms with van der Waals surface area (Å²) in [7, 11) is 2.13. The van der Waals surface area contributed by atoms with Gasteiger partial charge in [-0.2, -0.15) is 0 Å². The molecule has 0 bridgehead atoms. The first-order valence-corrected chi connectivity index (χ1v) is 9.07. The van der Waals surface area contributed by atoms with E-state index in [4.69, 9.17) is 9.47 Å². The van der Waals surface area contributed by atoms with Crippen LogP contribution < -0.4 is 14.4 Å². The number of carbonyl (C=O) groups is 1. The number of hydrogen-bond donors (Lipinski definition) is 1. The molecule has 1 aliphatic heterocycles. The summed E-state index contributed by atoms with van der Waals surface area (Å²) in [5.41, 5.74) is 3.52. The zero-order valence-corrected chi connectivity index (χ0v) is 15.5. The second-order valence-corrected chi connectivity index (χ2v) is 6.86. The molecule has 2 aromatic carbocycles. The highest BCUT2D eigenvalue weighted by atomic mass is 16.7. The molecule has 4 heteroatoms. The van der Waals surface area contributed by atoms with Crippen LogP contribution in [0.3, 0.4) is 0 Å². The van der Waals surface area contributed by atoms with E-state index < -0.39 is 0 Å². The van der Waals surface area contributed by atoms with Crippen LogP contribution in [0.15, 0.2) is 48.5 Å². The van der Waals surface area contributed by atoms with Crippen LogP contribution in [0.2, 0.25) is 0 Å². The summed E-state index contributed by atoms with van der Waals surface area (Å²) in [5.74, 6) is 1.82. The molecular weight excluding hydrogens is 326 g/mol. The lowest BCUT2D eigenvalue weighted by molar-refractivity contribution is -0.878. The van der Waals surface area contributed by atoms with Crippen LogP contribution in [-0.4, -0.2) is 32.7 Å². The SMILES string of the molecule is Cc1ccc(/C=C/C(=O)CC[NH+](C)CCc2ccc3c(c2)OCO3)cc1. The summed E-state index contributed by atoms with van der Waals surface area (Å²) in [4.78, 5) is 13.4. The van der Waals surface area contributed by atoms with E-state index in [1.807, 2.05) is 30.3 Å². The van der Waals surface area contributed by atoms with Crippen LogP contribution in [0, 0.1) is 6.92 Å². The smallest absolute Gasteiger partial charge is 0.231 e. The van der Waals surface area contributed by atoms with Crippen molar-refractivity contribution in [1.29, 1.82) is 0 Å². The Balaban J connectivity index is 1.40. The largest absolute Gasteiger partial charge is 0.454 e. The summed E-state index contributed by atoms with van der Waals surface area (Å²) in [5, 5.41) is 0. The standard InChI is InChI=1S/C22H25NO3/c1-17-3-5-18(6-4-17)7-9-20(24)12-14-23(2)13-11-19-8-10-21-22(15-19)26-16-25-21/h3-10,15H,11-14,16H2,1-2H3/p+1/b9-7+. The fourth-order valence-electron chi connectivity index (χ4n) is 2.87. The number of ketones is 1. The van der Waals surface area contributed by atoms with Crippen molar-refractivity contribution < 1.29 is 19.2 Å². The maximum atomic E-state index is 12.1. The van der Waals surface area contributed by atoms with Crippen LogP contribution in [0.5, 0.6) is 11.5 Å². The van der Waals surface area contributed by atoms with E-state index in [0.29, 0.717) is 13.2 Å². The number of likely N-dealkylation sites (N-methyl/N-ethyl adjacent to an activating group) is 1. The number of quaternary nitrogens is 1. The van der Waals surface area contributed by atoms with Gasteiger partial charge < -0.3 is 14.4 Å². The number of allylic oxidation sites excluding steroid dienone is 1. The molecule has 0 aromatic heterocycles. The fourth-order valence-corrected chi connectivity index (χ4v) is 2.87. The Hall–Kier alpha value is -2.59. The van der Waals surface area contributed by atoms with E-state index >= 15 is 0 Å². The molecule has 3 rings (SSSR count). The van der Waals surface area contributed by atoms with E-state index in [9.17, 15) is 4.79 Å². The highest BCUT2D eigenvalue weighted by Crippen LogP contribution is 2.32. The predicted octanol–water partition coefficient (Wildman–Crippen LogP) is 2.45. The Morgan fingerprint density at radius 1 is 1.08 bits per heavy atom. The number of nitrogens with one attached hydrogen (secondary N) is 1. The van der Waals surface area contributed by atoms with Gasteiger partial charge in [-0.05, 0) is 36.3 Å².